The third-order valence-corrected chi connectivity index (χ3v) is 7.45. The van der Waals surface area contributed by atoms with Crippen molar-refractivity contribution in [1.29, 1.82) is 0 Å². The van der Waals surface area contributed by atoms with E-state index in [9.17, 15) is 0 Å². The van der Waals surface area contributed by atoms with E-state index in [1.807, 2.05) is 72.8 Å². The lowest BCUT2D eigenvalue weighted by Crippen LogP contribution is -2.08. The lowest BCUT2D eigenvalue weighted by atomic mass is 10.1. The first-order chi connectivity index (χ1) is 20.6. The van der Waals surface area contributed by atoms with Crippen LogP contribution < -0.4 is 20.2 Å². The van der Waals surface area contributed by atoms with Crippen LogP contribution in [0.2, 0.25) is 0 Å². The maximum atomic E-state index is 6.34. The number of benzene rings is 4. The fourth-order valence-electron chi connectivity index (χ4n) is 4.94. The van der Waals surface area contributed by atoms with Crippen molar-refractivity contribution in [3.05, 3.63) is 119 Å². The van der Waals surface area contributed by atoms with Crippen molar-refractivity contribution in [2.24, 2.45) is 10.2 Å². The molecule has 2 aromatic heterocycles. The van der Waals surface area contributed by atoms with Crippen molar-refractivity contribution in [3.8, 4) is 34.1 Å². The number of fused-ring (bicyclic) bond motifs is 2. The van der Waals surface area contributed by atoms with Gasteiger partial charge >= 0.3 is 0 Å². The van der Waals surface area contributed by atoms with E-state index in [0.29, 0.717) is 11.5 Å². The molecule has 0 unspecified atom stereocenters. The minimum Gasteiger partial charge on any atom is -0.497 e. The summed E-state index contributed by atoms with van der Waals surface area (Å²) >= 11 is 0. The number of hydrogen-bond acceptors (Lipinski definition) is 6. The zero-order chi connectivity index (χ0) is 29.1. The maximum absolute atomic E-state index is 6.34. The summed E-state index contributed by atoms with van der Waals surface area (Å²) < 4.78 is 23.4. The van der Waals surface area contributed by atoms with Gasteiger partial charge in [0.15, 0.2) is 0 Å². The van der Waals surface area contributed by atoms with Gasteiger partial charge in [0.2, 0.25) is 0 Å². The van der Waals surface area contributed by atoms with Gasteiger partial charge in [-0.05, 0) is 96.8 Å². The van der Waals surface area contributed by atoms with E-state index >= 15 is 0 Å². The molecule has 2 heterocycles. The van der Waals surface area contributed by atoms with Crippen molar-refractivity contribution in [3.63, 3.8) is 0 Å². The smallest absolute Gasteiger partial charge is 0.136 e. The molecule has 0 bridgehead atoms. The van der Waals surface area contributed by atoms with E-state index < -0.39 is 0 Å². The third-order valence-electron chi connectivity index (χ3n) is 7.45. The summed E-state index contributed by atoms with van der Waals surface area (Å²) in [5.41, 5.74) is 5.73. The zero-order valence-corrected chi connectivity index (χ0v) is 24.2. The third kappa shape index (κ3) is 5.44. The summed E-state index contributed by atoms with van der Waals surface area (Å²) in [7, 11) is 3.31. The SMILES string of the molecule is CCc1ccc2oc(-c3ccc(OC)cc3)c/c(=N/N=c3/cc(-c4ccc(OC)cc4)oc4ccc(CC)cc34)c2c1. The van der Waals surface area contributed by atoms with Crippen LogP contribution in [0, 0.1) is 0 Å². The molecule has 4 aromatic carbocycles. The summed E-state index contributed by atoms with van der Waals surface area (Å²) in [5.74, 6) is 2.96. The van der Waals surface area contributed by atoms with Crippen LogP contribution in [-0.2, 0) is 12.8 Å². The van der Waals surface area contributed by atoms with Gasteiger partial charge in [0, 0.05) is 34.0 Å². The molecule has 6 heteroatoms. The minimum atomic E-state index is 0.698. The van der Waals surface area contributed by atoms with Crippen LogP contribution in [0.3, 0.4) is 0 Å². The van der Waals surface area contributed by atoms with Crippen molar-refractivity contribution >= 4 is 21.9 Å². The molecule has 0 aliphatic carbocycles. The Morgan fingerprint density at radius 3 is 1.29 bits per heavy atom. The standard InChI is InChI=1S/C36H32N2O4/c1-5-23-7-17-33-29(19-23)31(21-35(41-33)25-9-13-27(39-3)14-10-25)37-38-32-22-36(26-11-15-28(40-4)16-12-26)42-34-18-8-24(6-2)20-30(32)34/h7-22H,5-6H2,1-4H3/b37-31-,38-32-. The van der Waals surface area contributed by atoms with Gasteiger partial charge in [-0.2, -0.15) is 0 Å². The fraction of sp³-hybridized carbons (Fsp3) is 0.167. The Morgan fingerprint density at radius 1 is 0.524 bits per heavy atom. The molecule has 0 saturated heterocycles. The Bertz CT molecular complexity index is 1870. The number of ether oxygens (including phenoxy) is 2. The molecule has 42 heavy (non-hydrogen) atoms. The van der Waals surface area contributed by atoms with Crippen molar-refractivity contribution in [1.82, 2.24) is 0 Å². The normalized spacial score (nSPS) is 12.3. The molecule has 0 spiro atoms. The highest BCUT2D eigenvalue weighted by molar-refractivity contribution is 5.80. The van der Waals surface area contributed by atoms with E-state index in [1.54, 1.807) is 14.2 Å². The number of rotatable bonds is 7. The molecule has 0 aliphatic heterocycles. The summed E-state index contributed by atoms with van der Waals surface area (Å²) in [5, 5.41) is 13.0. The molecule has 0 fully saturated rings. The molecule has 210 valence electrons. The lowest BCUT2D eigenvalue weighted by molar-refractivity contribution is 0.414. The highest BCUT2D eigenvalue weighted by Gasteiger charge is 2.10. The predicted octanol–water partition coefficient (Wildman–Crippen LogP) is 8.07. The molecule has 0 aliphatic rings. The topological polar surface area (TPSA) is 69.5 Å². The summed E-state index contributed by atoms with van der Waals surface area (Å²) in [6, 6.07) is 31.9. The maximum Gasteiger partial charge on any atom is 0.136 e. The molecule has 0 N–H and O–H groups in total. The lowest BCUT2D eigenvalue weighted by Gasteiger charge is -2.07. The number of hydrogen-bond donors (Lipinski definition) is 0. The first-order valence-electron chi connectivity index (χ1n) is 14.1. The van der Waals surface area contributed by atoms with Crippen LogP contribution >= 0.6 is 0 Å². The van der Waals surface area contributed by atoms with Gasteiger partial charge in [-0.25, -0.2) is 0 Å². The van der Waals surface area contributed by atoms with E-state index in [2.05, 4.69) is 38.1 Å². The quantitative estimate of drug-likeness (QED) is 0.186. The van der Waals surface area contributed by atoms with Gasteiger partial charge in [-0.1, -0.05) is 26.0 Å². The van der Waals surface area contributed by atoms with E-state index in [1.165, 1.54) is 11.1 Å². The van der Waals surface area contributed by atoms with Crippen molar-refractivity contribution in [2.75, 3.05) is 14.2 Å². The molecule has 0 radical (unpaired) electrons. The number of aryl methyl sites for hydroxylation is 2. The Morgan fingerprint density at radius 2 is 0.929 bits per heavy atom. The molecule has 6 aromatic rings. The second-order valence-electron chi connectivity index (χ2n) is 10.0. The first kappa shape index (κ1) is 27.1. The van der Waals surface area contributed by atoms with Gasteiger partial charge in [-0.3, -0.25) is 0 Å². The Kier molecular flexibility index (Phi) is 7.60. The van der Waals surface area contributed by atoms with Gasteiger partial charge < -0.3 is 18.3 Å². The monoisotopic (exact) mass is 556 g/mol. The van der Waals surface area contributed by atoms with Gasteiger partial charge in [0.25, 0.3) is 0 Å². The van der Waals surface area contributed by atoms with Gasteiger partial charge in [0.05, 0.1) is 14.2 Å². The average molecular weight is 557 g/mol. The molecule has 0 atom stereocenters. The van der Waals surface area contributed by atoms with E-state index in [-0.39, 0.29) is 0 Å². The van der Waals surface area contributed by atoms with Crippen LogP contribution in [0.1, 0.15) is 25.0 Å². The van der Waals surface area contributed by atoms with Crippen molar-refractivity contribution in [2.45, 2.75) is 26.7 Å². The highest BCUT2D eigenvalue weighted by Crippen LogP contribution is 2.27. The Balaban J connectivity index is 1.60. The van der Waals surface area contributed by atoms with Crippen LogP contribution in [0.5, 0.6) is 11.5 Å². The van der Waals surface area contributed by atoms with Crippen LogP contribution in [0.4, 0.5) is 0 Å². The highest BCUT2D eigenvalue weighted by atomic mass is 16.5. The first-order valence-corrected chi connectivity index (χ1v) is 14.1. The molecule has 0 saturated carbocycles. The zero-order valence-electron chi connectivity index (χ0n) is 24.2. The average Bonchev–Trinajstić information content (AvgIpc) is 3.06. The number of methoxy groups -OCH3 is 2. The van der Waals surface area contributed by atoms with Gasteiger partial charge in [0.1, 0.15) is 44.9 Å². The fourth-order valence-corrected chi connectivity index (χ4v) is 4.94. The summed E-state index contributed by atoms with van der Waals surface area (Å²) in [6.45, 7) is 4.27. The number of nitrogens with zero attached hydrogens (tertiary/aromatic N) is 2. The molecule has 0 amide bonds. The predicted molar refractivity (Wildman–Crippen MR) is 166 cm³/mol. The summed E-state index contributed by atoms with van der Waals surface area (Å²) in [4.78, 5) is 0. The second kappa shape index (κ2) is 11.8. The summed E-state index contributed by atoms with van der Waals surface area (Å²) in [6.07, 6.45) is 1.81. The Hall–Kier alpha value is -5.10. The van der Waals surface area contributed by atoms with Crippen molar-refractivity contribution < 1.29 is 18.3 Å². The largest absolute Gasteiger partial charge is 0.497 e. The Labute approximate surface area is 244 Å². The molecular weight excluding hydrogens is 524 g/mol. The molecule has 6 nitrogen and oxygen atoms in total. The minimum absolute atomic E-state index is 0.698. The van der Waals surface area contributed by atoms with Crippen LogP contribution in [0.15, 0.2) is 116 Å². The van der Waals surface area contributed by atoms with Crippen LogP contribution in [-0.4, -0.2) is 14.2 Å². The molecule has 6 rings (SSSR count). The molecular formula is C36H32N2O4. The van der Waals surface area contributed by atoms with Gasteiger partial charge in [-0.15, -0.1) is 10.2 Å². The van der Waals surface area contributed by atoms with Crippen LogP contribution in [0.25, 0.3) is 44.6 Å². The van der Waals surface area contributed by atoms with E-state index in [0.717, 1.165) is 68.1 Å². The second-order valence-corrected chi connectivity index (χ2v) is 10.0. The van der Waals surface area contributed by atoms with E-state index in [4.69, 9.17) is 28.5 Å².